The van der Waals surface area contributed by atoms with Gasteiger partial charge in [0.2, 0.25) is 10.0 Å². The highest BCUT2D eigenvalue weighted by molar-refractivity contribution is 7.89. The quantitative estimate of drug-likeness (QED) is 0.658. The molecule has 5 rings (SSSR count). The Kier molecular flexibility index (Phi) is 6.98. The number of nitrogens with one attached hydrogen (secondary N) is 1. The number of piperidine rings is 1. The molecule has 0 spiro atoms. The molecule has 1 aromatic heterocycles. The number of carbonyl (C=O) groups excluding carboxylic acids is 2. The number of hydrogen-bond donors (Lipinski definition) is 1. The van der Waals surface area contributed by atoms with Gasteiger partial charge in [-0.25, -0.2) is 8.42 Å². The zero-order chi connectivity index (χ0) is 24.6. The van der Waals surface area contributed by atoms with Crippen molar-refractivity contribution in [1.29, 1.82) is 0 Å². The fraction of sp³-hybridized carbons (Fsp3) is 0.520. The third-order valence-electron chi connectivity index (χ3n) is 7.15. The largest absolute Gasteiger partial charge is 0.339 e. The predicted molar refractivity (Wildman–Crippen MR) is 136 cm³/mol. The van der Waals surface area contributed by atoms with E-state index in [0.717, 1.165) is 75.1 Å². The summed E-state index contributed by atoms with van der Waals surface area (Å²) in [5.41, 5.74) is 2.06. The van der Waals surface area contributed by atoms with Crippen molar-refractivity contribution < 1.29 is 18.0 Å². The molecule has 0 atom stereocenters. The molecule has 0 radical (unpaired) electrons. The molecule has 3 aliphatic rings. The molecule has 0 aliphatic carbocycles. The number of fused-ring (bicyclic) bond motifs is 1. The Morgan fingerprint density at radius 1 is 0.914 bits per heavy atom. The standard InChI is InChI=1S/C25H32N4O4S2/c1-27-16-11-20-21(17-27)34-24(22(20)25(31)28-12-5-6-13-28)26-23(30)18-7-9-19(10-8-18)35(32,33)29-14-3-2-4-15-29/h7-10H,2-6,11-17H2,1H3,(H,26,30). The van der Waals surface area contributed by atoms with Crippen molar-refractivity contribution in [2.24, 2.45) is 0 Å². The van der Waals surface area contributed by atoms with Crippen molar-refractivity contribution in [2.75, 3.05) is 45.1 Å². The third kappa shape index (κ3) is 4.89. The number of nitrogens with zero attached hydrogens (tertiary/aromatic N) is 3. The minimum atomic E-state index is -3.55. The molecule has 188 valence electrons. The summed E-state index contributed by atoms with van der Waals surface area (Å²) < 4.78 is 27.4. The number of thiophene rings is 1. The van der Waals surface area contributed by atoms with Crippen LogP contribution >= 0.6 is 11.3 Å². The maximum Gasteiger partial charge on any atom is 0.257 e. The number of likely N-dealkylation sites (tertiary alicyclic amines) is 1. The lowest BCUT2D eigenvalue weighted by molar-refractivity contribution is 0.0792. The van der Waals surface area contributed by atoms with Gasteiger partial charge in [0, 0.05) is 49.7 Å². The van der Waals surface area contributed by atoms with Gasteiger partial charge in [-0.3, -0.25) is 9.59 Å². The molecule has 2 saturated heterocycles. The van der Waals surface area contributed by atoms with Gasteiger partial charge in [0.05, 0.1) is 10.5 Å². The highest BCUT2D eigenvalue weighted by atomic mass is 32.2. The lowest BCUT2D eigenvalue weighted by Crippen LogP contribution is -2.35. The normalized spacial score (nSPS) is 19.5. The minimum Gasteiger partial charge on any atom is -0.339 e. The van der Waals surface area contributed by atoms with E-state index in [1.54, 1.807) is 12.1 Å². The van der Waals surface area contributed by atoms with Crippen LogP contribution in [0.3, 0.4) is 0 Å². The van der Waals surface area contributed by atoms with Crippen molar-refractivity contribution in [1.82, 2.24) is 14.1 Å². The number of anilines is 1. The van der Waals surface area contributed by atoms with Crippen LogP contribution in [-0.2, 0) is 23.0 Å². The van der Waals surface area contributed by atoms with Crippen LogP contribution in [0.5, 0.6) is 0 Å². The first-order valence-corrected chi connectivity index (χ1v) is 14.6. The lowest BCUT2D eigenvalue weighted by atomic mass is 10.0. The van der Waals surface area contributed by atoms with E-state index in [1.165, 1.54) is 27.8 Å². The maximum absolute atomic E-state index is 13.4. The summed E-state index contributed by atoms with van der Waals surface area (Å²) in [7, 11) is -1.49. The van der Waals surface area contributed by atoms with Gasteiger partial charge in [-0.05, 0) is 69.0 Å². The van der Waals surface area contributed by atoms with Crippen LogP contribution in [0.2, 0.25) is 0 Å². The number of benzene rings is 1. The second-order valence-corrected chi connectivity index (χ2v) is 12.7. The molecule has 1 N–H and O–H groups in total. The van der Waals surface area contributed by atoms with Crippen molar-refractivity contribution >= 4 is 38.2 Å². The van der Waals surface area contributed by atoms with Crippen molar-refractivity contribution in [2.45, 2.75) is 50.0 Å². The van der Waals surface area contributed by atoms with E-state index >= 15 is 0 Å². The van der Waals surface area contributed by atoms with Crippen LogP contribution in [0, 0.1) is 0 Å². The van der Waals surface area contributed by atoms with Gasteiger partial charge in [0.25, 0.3) is 11.8 Å². The molecule has 2 aromatic rings. The summed E-state index contributed by atoms with van der Waals surface area (Å²) in [5.74, 6) is -0.336. The van der Waals surface area contributed by atoms with E-state index in [1.807, 2.05) is 4.90 Å². The van der Waals surface area contributed by atoms with Crippen molar-refractivity contribution in [3.8, 4) is 0 Å². The Morgan fingerprint density at radius 3 is 2.26 bits per heavy atom. The average molecular weight is 517 g/mol. The molecule has 0 bridgehead atoms. The monoisotopic (exact) mass is 516 g/mol. The molecule has 8 nitrogen and oxygen atoms in total. The van der Waals surface area contributed by atoms with Crippen LogP contribution in [0.1, 0.15) is 63.3 Å². The fourth-order valence-corrected chi connectivity index (χ4v) is 7.96. The zero-order valence-corrected chi connectivity index (χ0v) is 21.7. The number of carbonyl (C=O) groups is 2. The molecule has 35 heavy (non-hydrogen) atoms. The van der Waals surface area contributed by atoms with Crippen LogP contribution in [-0.4, -0.2) is 74.1 Å². The molecule has 4 heterocycles. The van der Waals surface area contributed by atoms with Crippen LogP contribution in [0.4, 0.5) is 5.00 Å². The number of amides is 2. The topological polar surface area (TPSA) is 90.0 Å². The first kappa shape index (κ1) is 24.4. The lowest BCUT2D eigenvalue weighted by Gasteiger charge is -2.25. The van der Waals surface area contributed by atoms with E-state index in [2.05, 4.69) is 17.3 Å². The molecule has 3 aliphatic heterocycles. The Morgan fingerprint density at radius 2 is 1.57 bits per heavy atom. The van der Waals surface area contributed by atoms with Gasteiger partial charge in [0.1, 0.15) is 5.00 Å². The van der Waals surface area contributed by atoms with Crippen molar-refractivity contribution in [3.05, 3.63) is 45.8 Å². The Bertz CT molecular complexity index is 1210. The summed E-state index contributed by atoms with van der Waals surface area (Å²) in [6.45, 7) is 4.23. The molecule has 2 fully saturated rings. The molecule has 0 unspecified atom stereocenters. The third-order valence-corrected chi connectivity index (χ3v) is 10.2. The van der Waals surface area contributed by atoms with Crippen LogP contribution in [0.15, 0.2) is 29.2 Å². The first-order chi connectivity index (χ1) is 16.8. The zero-order valence-electron chi connectivity index (χ0n) is 20.1. The van der Waals surface area contributed by atoms with E-state index in [4.69, 9.17) is 0 Å². The second-order valence-electron chi connectivity index (χ2n) is 9.64. The summed E-state index contributed by atoms with van der Waals surface area (Å²) in [5, 5.41) is 3.57. The summed E-state index contributed by atoms with van der Waals surface area (Å²) in [4.78, 5) is 32.0. The molecular weight excluding hydrogens is 484 g/mol. The van der Waals surface area contributed by atoms with Gasteiger partial charge < -0.3 is 15.1 Å². The smallest absolute Gasteiger partial charge is 0.257 e. The van der Waals surface area contributed by atoms with Crippen LogP contribution in [0.25, 0.3) is 0 Å². The second kappa shape index (κ2) is 10.0. The summed E-state index contributed by atoms with van der Waals surface area (Å²) >= 11 is 1.48. The van der Waals surface area contributed by atoms with E-state index < -0.39 is 10.0 Å². The fourth-order valence-electron chi connectivity index (χ4n) is 5.13. The summed E-state index contributed by atoms with van der Waals surface area (Å²) in [6, 6.07) is 6.11. The van der Waals surface area contributed by atoms with Gasteiger partial charge in [0.15, 0.2) is 0 Å². The highest BCUT2D eigenvalue weighted by Gasteiger charge is 2.32. The van der Waals surface area contributed by atoms with Gasteiger partial charge in [-0.2, -0.15) is 4.31 Å². The van der Waals surface area contributed by atoms with E-state index in [-0.39, 0.29) is 16.7 Å². The SMILES string of the molecule is CN1CCc2c(sc(NC(=O)c3ccc(S(=O)(=O)N4CCCCC4)cc3)c2C(=O)N2CCCC2)C1. The minimum absolute atomic E-state index is 0.00262. The highest BCUT2D eigenvalue weighted by Crippen LogP contribution is 2.38. The van der Waals surface area contributed by atoms with Gasteiger partial charge in [-0.1, -0.05) is 6.42 Å². The van der Waals surface area contributed by atoms with E-state index in [0.29, 0.717) is 29.2 Å². The number of hydrogen-bond acceptors (Lipinski definition) is 6. The number of rotatable bonds is 5. The molecular formula is C25H32N4O4S2. The van der Waals surface area contributed by atoms with E-state index in [9.17, 15) is 18.0 Å². The van der Waals surface area contributed by atoms with Gasteiger partial charge >= 0.3 is 0 Å². The summed E-state index contributed by atoms with van der Waals surface area (Å²) in [6.07, 6.45) is 5.61. The molecule has 1 aromatic carbocycles. The molecule has 0 saturated carbocycles. The number of sulfonamides is 1. The first-order valence-electron chi connectivity index (χ1n) is 12.4. The molecule has 10 heteroatoms. The van der Waals surface area contributed by atoms with Crippen molar-refractivity contribution in [3.63, 3.8) is 0 Å². The number of likely N-dealkylation sites (N-methyl/N-ethyl adjacent to an activating group) is 1. The Hall–Kier alpha value is -2.27. The Balaban J connectivity index is 1.38. The van der Waals surface area contributed by atoms with Crippen LogP contribution < -0.4 is 5.32 Å². The van der Waals surface area contributed by atoms with Gasteiger partial charge in [-0.15, -0.1) is 11.3 Å². The Labute approximate surface area is 210 Å². The average Bonchev–Trinajstić information content (AvgIpc) is 3.52. The molecule has 2 amide bonds. The maximum atomic E-state index is 13.4. The predicted octanol–water partition coefficient (Wildman–Crippen LogP) is 3.40.